The maximum absolute atomic E-state index is 13.4. The van der Waals surface area contributed by atoms with Crippen molar-refractivity contribution >= 4 is 45.8 Å². The van der Waals surface area contributed by atoms with Gasteiger partial charge in [-0.1, -0.05) is 29.8 Å². The van der Waals surface area contributed by atoms with Gasteiger partial charge in [-0.2, -0.15) is 0 Å². The SMILES string of the molecule is C=CC(=O)NC1CCOCC1Nc1cc2c(cn1)cc(-c1c(Cl)c(OC)cc(OC)c1Cl)c(=O)n2C. The molecule has 1 fully saturated rings. The van der Waals surface area contributed by atoms with Crippen molar-refractivity contribution in [3.8, 4) is 22.6 Å². The fraction of sp³-hybridized carbons (Fsp3) is 0.320. The fourth-order valence-electron chi connectivity index (χ4n) is 4.23. The Morgan fingerprint density at radius 2 is 1.89 bits per heavy atom. The number of methoxy groups -OCH3 is 2. The van der Waals surface area contributed by atoms with E-state index in [-0.39, 0.29) is 39.2 Å². The highest BCUT2D eigenvalue weighted by molar-refractivity contribution is 6.41. The first-order valence-corrected chi connectivity index (χ1v) is 11.9. The van der Waals surface area contributed by atoms with Crippen molar-refractivity contribution in [1.82, 2.24) is 14.9 Å². The van der Waals surface area contributed by atoms with E-state index < -0.39 is 0 Å². The molecular formula is C25H26Cl2N4O5. The maximum Gasteiger partial charge on any atom is 0.258 e. The van der Waals surface area contributed by atoms with Gasteiger partial charge in [0.1, 0.15) is 17.3 Å². The lowest BCUT2D eigenvalue weighted by Crippen LogP contribution is -2.52. The van der Waals surface area contributed by atoms with Crippen LogP contribution in [-0.2, 0) is 16.6 Å². The molecule has 3 heterocycles. The van der Waals surface area contributed by atoms with E-state index in [1.54, 1.807) is 31.4 Å². The number of pyridine rings is 2. The molecule has 36 heavy (non-hydrogen) atoms. The number of hydrogen-bond donors (Lipinski definition) is 2. The van der Waals surface area contributed by atoms with Crippen LogP contribution in [0.1, 0.15) is 6.42 Å². The number of halogens is 2. The molecule has 1 aliphatic heterocycles. The third-order valence-electron chi connectivity index (χ3n) is 6.15. The van der Waals surface area contributed by atoms with Gasteiger partial charge in [0.05, 0.1) is 54.0 Å². The molecule has 190 valence electrons. The lowest BCUT2D eigenvalue weighted by atomic mass is 10.0. The molecule has 2 atom stereocenters. The molecule has 3 aromatic rings. The van der Waals surface area contributed by atoms with Crippen LogP contribution >= 0.6 is 23.2 Å². The number of benzene rings is 1. The van der Waals surface area contributed by atoms with Crippen molar-refractivity contribution in [2.45, 2.75) is 18.5 Å². The van der Waals surface area contributed by atoms with Gasteiger partial charge in [-0.25, -0.2) is 4.98 Å². The third kappa shape index (κ3) is 4.86. The monoisotopic (exact) mass is 532 g/mol. The second-order valence-corrected chi connectivity index (χ2v) is 9.02. The van der Waals surface area contributed by atoms with Crippen molar-refractivity contribution in [3.05, 3.63) is 57.4 Å². The molecule has 0 spiro atoms. The molecule has 9 nitrogen and oxygen atoms in total. The van der Waals surface area contributed by atoms with E-state index in [9.17, 15) is 9.59 Å². The zero-order valence-electron chi connectivity index (χ0n) is 20.1. The summed E-state index contributed by atoms with van der Waals surface area (Å²) in [7, 11) is 4.61. The number of nitrogens with zero attached hydrogens (tertiary/aromatic N) is 2. The number of carbonyl (C=O) groups is 1. The Balaban J connectivity index is 1.75. The summed E-state index contributed by atoms with van der Waals surface area (Å²) >= 11 is 13.1. The van der Waals surface area contributed by atoms with Gasteiger partial charge in [0.25, 0.3) is 5.56 Å². The molecule has 1 saturated heterocycles. The number of fused-ring (bicyclic) bond motifs is 1. The number of ether oxygens (including phenoxy) is 3. The predicted octanol–water partition coefficient (Wildman–Crippen LogP) is 3.80. The van der Waals surface area contributed by atoms with Gasteiger partial charge in [-0.15, -0.1) is 0 Å². The number of hydrogen-bond acceptors (Lipinski definition) is 7. The van der Waals surface area contributed by atoms with E-state index in [1.165, 1.54) is 24.9 Å². The summed E-state index contributed by atoms with van der Waals surface area (Å²) < 4.78 is 17.8. The van der Waals surface area contributed by atoms with Crippen LogP contribution in [0.2, 0.25) is 10.0 Å². The minimum Gasteiger partial charge on any atom is -0.495 e. The summed E-state index contributed by atoms with van der Waals surface area (Å²) in [6, 6.07) is 4.68. The van der Waals surface area contributed by atoms with Gasteiger partial charge in [-0.3, -0.25) is 9.59 Å². The predicted molar refractivity (Wildman–Crippen MR) is 141 cm³/mol. The number of aromatic nitrogens is 2. The first-order valence-electron chi connectivity index (χ1n) is 11.2. The number of amides is 1. The molecule has 1 amide bonds. The molecule has 2 unspecified atom stereocenters. The number of rotatable bonds is 7. The van der Waals surface area contributed by atoms with Crippen molar-refractivity contribution in [2.24, 2.45) is 7.05 Å². The highest BCUT2D eigenvalue weighted by atomic mass is 35.5. The van der Waals surface area contributed by atoms with Gasteiger partial charge < -0.3 is 29.4 Å². The number of carbonyl (C=O) groups excluding carboxylic acids is 1. The average Bonchev–Trinajstić information content (AvgIpc) is 2.88. The second-order valence-electron chi connectivity index (χ2n) is 8.27. The van der Waals surface area contributed by atoms with Crippen LogP contribution < -0.4 is 25.7 Å². The van der Waals surface area contributed by atoms with E-state index in [0.717, 1.165) is 0 Å². The first-order chi connectivity index (χ1) is 17.3. The third-order valence-corrected chi connectivity index (χ3v) is 6.90. The zero-order valence-corrected chi connectivity index (χ0v) is 21.6. The molecule has 0 saturated carbocycles. The Labute approximate surface area is 218 Å². The summed E-state index contributed by atoms with van der Waals surface area (Å²) in [5, 5.41) is 7.35. The van der Waals surface area contributed by atoms with E-state index in [0.29, 0.717) is 53.4 Å². The molecule has 0 aliphatic carbocycles. The van der Waals surface area contributed by atoms with Crippen LogP contribution in [0.5, 0.6) is 11.5 Å². The van der Waals surface area contributed by atoms with Gasteiger partial charge in [0, 0.05) is 42.9 Å². The Kier molecular flexibility index (Phi) is 7.73. The van der Waals surface area contributed by atoms with Gasteiger partial charge in [0.15, 0.2) is 0 Å². The standard InChI is InChI=1S/C25H26Cl2N4O5/c1-5-21(32)30-15-6-7-36-12-16(15)29-20-9-17-13(11-28-20)8-14(25(33)31(17)2)22-23(26)18(34-3)10-19(35-4)24(22)27/h5,8-11,15-16H,1,6-7,12H2,2-4H3,(H,28,29)(H,30,32). The van der Waals surface area contributed by atoms with Crippen LogP contribution in [0.3, 0.4) is 0 Å². The van der Waals surface area contributed by atoms with E-state index in [4.69, 9.17) is 37.4 Å². The smallest absolute Gasteiger partial charge is 0.258 e. The summed E-state index contributed by atoms with van der Waals surface area (Å²) in [4.78, 5) is 29.8. The Morgan fingerprint density at radius 1 is 1.19 bits per heavy atom. The summed E-state index contributed by atoms with van der Waals surface area (Å²) in [6.45, 7) is 4.45. The first kappa shape index (κ1) is 25.8. The Hall–Kier alpha value is -3.27. The molecule has 4 rings (SSSR count). The summed E-state index contributed by atoms with van der Waals surface area (Å²) in [5.74, 6) is 0.959. The topological polar surface area (TPSA) is 104 Å². The Morgan fingerprint density at radius 3 is 2.53 bits per heavy atom. The molecule has 1 aliphatic rings. The van der Waals surface area contributed by atoms with Crippen LogP contribution in [-0.4, -0.2) is 55.0 Å². The highest BCUT2D eigenvalue weighted by Gasteiger charge is 2.27. The molecule has 11 heteroatoms. The lowest BCUT2D eigenvalue weighted by Gasteiger charge is -2.32. The number of nitrogens with one attached hydrogen (secondary N) is 2. The van der Waals surface area contributed by atoms with Crippen LogP contribution in [0.4, 0.5) is 5.82 Å². The minimum absolute atomic E-state index is 0.153. The van der Waals surface area contributed by atoms with Gasteiger partial charge >= 0.3 is 0 Å². The summed E-state index contributed by atoms with van der Waals surface area (Å²) in [5.41, 5.74) is 0.939. The summed E-state index contributed by atoms with van der Waals surface area (Å²) in [6.07, 6.45) is 3.55. The zero-order chi connectivity index (χ0) is 26.0. The van der Waals surface area contributed by atoms with Crippen LogP contribution in [0.25, 0.3) is 22.0 Å². The van der Waals surface area contributed by atoms with Gasteiger partial charge in [-0.05, 0) is 18.6 Å². The maximum atomic E-state index is 13.4. The number of aryl methyl sites for hydroxylation is 1. The quantitative estimate of drug-likeness (QED) is 0.446. The largest absolute Gasteiger partial charge is 0.495 e. The lowest BCUT2D eigenvalue weighted by molar-refractivity contribution is -0.117. The molecule has 2 N–H and O–H groups in total. The number of anilines is 1. The fourth-order valence-corrected chi connectivity index (χ4v) is 4.93. The molecule has 0 radical (unpaired) electrons. The van der Waals surface area contributed by atoms with Crippen molar-refractivity contribution in [2.75, 3.05) is 32.8 Å². The van der Waals surface area contributed by atoms with Crippen LogP contribution in [0.15, 0.2) is 41.8 Å². The highest BCUT2D eigenvalue weighted by Crippen LogP contribution is 2.45. The van der Waals surface area contributed by atoms with Gasteiger partial charge in [0.2, 0.25) is 5.91 Å². The molecular weight excluding hydrogens is 507 g/mol. The second kappa shape index (κ2) is 10.8. The molecule has 2 aromatic heterocycles. The van der Waals surface area contributed by atoms with Crippen molar-refractivity contribution < 1.29 is 19.0 Å². The molecule has 1 aromatic carbocycles. The van der Waals surface area contributed by atoms with E-state index >= 15 is 0 Å². The van der Waals surface area contributed by atoms with E-state index in [1.807, 2.05) is 0 Å². The average molecular weight is 533 g/mol. The van der Waals surface area contributed by atoms with E-state index in [2.05, 4.69) is 22.2 Å². The van der Waals surface area contributed by atoms with Crippen molar-refractivity contribution in [3.63, 3.8) is 0 Å². The van der Waals surface area contributed by atoms with Crippen LogP contribution in [0, 0.1) is 0 Å². The molecule has 0 bridgehead atoms. The Bertz CT molecular complexity index is 1360. The van der Waals surface area contributed by atoms with Crippen molar-refractivity contribution in [1.29, 1.82) is 0 Å². The minimum atomic E-state index is -0.309. The normalized spacial score (nSPS) is 17.5.